The van der Waals surface area contributed by atoms with Gasteiger partial charge < -0.3 is 10.8 Å². The van der Waals surface area contributed by atoms with Gasteiger partial charge in [0.1, 0.15) is 0 Å². The van der Waals surface area contributed by atoms with Gasteiger partial charge in [0.15, 0.2) is 0 Å². The van der Waals surface area contributed by atoms with Crippen LogP contribution in [0.15, 0.2) is 18.2 Å². The summed E-state index contributed by atoms with van der Waals surface area (Å²) in [6.07, 6.45) is 0. The molecular formula is C9H11Cl2NO. The summed E-state index contributed by atoms with van der Waals surface area (Å²) < 4.78 is 0. The molecule has 72 valence electrons. The van der Waals surface area contributed by atoms with Crippen molar-refractivity contribution in [1.29, 1.82) is 0 Å². The van der Waals surface area contributed by atoms with Crippen molar-refractivity contribution >= 4 is 23.2 Å². The number of hydrogen-bond acceptors (Lipinski definition) is 2. The summed E-state index contributed by atoms with van der Waals surface area (Å²) >= 11 is 11.5. The lowest BCUT2D eigenvalue weighted by molar-refractivity contribution is 0.0668. The first-order valence-electron chi connectivity index (χ1n) is 3.85. The molecular weight excluding hydrogens is 209 g/mol. The Morgan fingerprint density at radius 2 is 2.00 bits per heavy atom. The first kappa shape index (κ1) is 10.8. The Morgan fingerprint density at radius 3 is 2.46 bits per heavy atom. The van der Waals surface area contributed by atoms with Gasteiger partial charge in [-0.05, 0) is 24.6 Å². The number of halogens is 2. The predicted molar refractivity (Wildman–Crippen MR) is 55.1 cm³/mol. The maximum Gasteiger partial charge on any atom is 0.0990 e. The van der Waals surface area contributed by atoms with Crippen molar-refractivity contribution in [2.24, 2.45) is 5.73 Å². The van der Waals surface area contributed by atoms with Gasteiger partial charge in [-0.2, -0.15) is 0 Å². The topological polar surface area (TPSA) is 46.2 Å². The van der Waals surface area contributed by atoms with Crippen molar-refractivity contribution in [3.8, 4) is 0 Å². The molecule has 0 fully saturated rings. The van der Waals surface area contributed by atoms with Crippen LogP contribution in [0.4, 0.5) is 0 Å². The fraction of sp³-hybridized carbons (Fsp3) is 0.333. The zero-order valence-corrected chi connectivity index (χ0v) is 8.73. The van der Waals surface area contributed by atoms with Crippen LogP contribution in [0.25, 0.3) is 0 Å². The summed E-state index contributed by atoms with van der Waals surface area (Å²) in [5.41, 5.74) is 5.02. The van der Waals surface area contributed by atoms with Crippen LogP contribution in [0, 0.1) is 0 Å². The minimum absolute atomic E-state index is 0.144. The summed E-state index contributed by atoms with van der Waals surface area (Å²) in [4.78, 5) is 0. The molecule has 0 aliphatic heterocycles. The SMILES string of the molecule is CC(O)(CN)c1ccc(Cl)c(Cl)c1. The number of hydrogen-bond donors (Lipinski definition) is 2. The van der Waals surface area contributed by atoms with Crippen LogP contribution >= 0.6 is 23.2 Å². The van der Waals surface area contributed by atoms with Crippen molar-refractivity contribution in [2.75, 3.05) is 6.54 Å². The molecule has 1 rings (SSSR count). The van der Waals surface area contributed by atoms with Gasteiger partial charge in [-0.3, -0.25) is 0 Å². The Balaban J connectivity index is 3.10. The minimum Gasteiger partial charge on any atom is -0.384 e. The van der Waals surface area contributed by atoms with Gasteiger partial charge >= 0.3 is 0 Å². The van der Waals surface area contributed by atoms with Gasteiger partial charge in [0.25, 0.3) is 0 Å². The van der Waals surface area contributed by atoms with Crippen molar-refractivity contribution in [2.45, 2.75) is 12.5 Å². The number of benzene rings is 1. The highest BCUT2D eigenvalue weighted by Gasteiger charge is 2.21. The normalized spacial score (nSPS) is 15.5. The maximum atomic E-state index is 9.78. The van der Waals surface area contributed by atoms with E-state index < -0.39 is 5.60 Å². The largest absolute Gasteiger partial charge is 0.384 e. The van der Waals surface area contributed by atoms with Gasteiger partial charge in [0.05, 0.1) is 15.6 Å². The first-order chi connectivity index (χ1) is 5.97. The van der Waals surface area contributed by atoms with E-state index in [2.05, 4.69) is 0 Å². The molecule has 1 unspecified atom stereocenters. The fourth-order valence-electron chi connectivity index (χ4n) is 0.949. The molecule has 1 aromatic carbocycles. The molecule has 3 N–H and O–H groups in total. The van der Waals surface area contributed by atoms with Crippen LogP contribution in [0.5, 0.6) is 0 Å². The quantitative estimate of drug-likeness (QED) is 0.802. The van der Waals surface area contributed by atoms with Crippen LogP contribution < -0.4 is 5.73 Å². The van der Waals surface area contributed by atoms with E-state index in [0.717, 1.165) is 0 Å². The molecule has 0 saturated carbocycles. The molecule has 0 heterocycles. The molecule has 4 heteroatoms. The van der Waals surface area contributed by atoms with E-state index in [0.29, 0.717) is 15.6 Å². The highest BCUT2D eigenvalue weighted by Crippen LogP contribution is 2.27. The molecule has 0 aliphatic carbocycles. The Bertz CT molecular complexity index is 312. The Labute approximate surface area is 87.3 Å². The Hall–Kier alpha value is -0.280. The summed E-state index contributed by atoms with van der Waals surface area (Å²) in [5, 5.41) is 10.7. The molecule has 1 atom stereocenters. The van der Waals surface area contributed by atoms with Crippen molar-refractivity contribution in [3.05, 3.63) is 33.8 Å². The molecule has 0 spiro atoms. The average molecular weight is 220 g/mol. The third-order valence-electron chi connectivity index (χ3n) is 1.94. The van der Waals surface area contributed by atoms with E-state index in [-0.39, 0.29) is 6.54 Å². The average Bonchev–Trinajstić information content (AvgIpc) is 2.09. The van der Waals surface area contributed by atoms with Crippen LogP contribution in [-0.2, 0) is 5.60 Å². The van der Waals surface area contributed by atoms with Crippen LogP contribution in [0.1, 0.15) is 12.5 Å². The van der Waals surface area contributed by atoms with Gasteiger partial charge in [-0.15, -0.1) is 0 Å². The van der Waals surface area contributed by atoms with Gasteiger partial charge in [0.2, 0.25) is 0 Å². The summed E-state index contributed by atoms with van der Waals surface area (Å²) in [5.74, 6) is 0. The van der Waals surface area contributed by atoms with E-state index in [9.17, 15) is 5.11 Å². The maximum absolute atomic E-state index is 9.78. The van der Waals surface area contributed by atoms with Crippen LogP contribution in [-0.4, -0.2) is 11.7 Å². The summed E-state index contributed by atoms with van der Waals surface area (Å²) in [6.45, 7) is 1.78. The Kier molecular flexibility index (Phi) is 3.19. The van der Waals surface area contributed by atoms with Crippen molar-refractivity contribution < 1.29 is 5.11 Å². The lowest BCUT2D eigenvalue weighted by Crippen LogP contribution is -2.31. The standard InChI is InChI=1S/C9H11Cl2NO/c1-9(13,5-12)6-2-3-7(10)8(11)4-6/h2-4,13H,5,12H2,1H3. The summed E-state index contributed by atoms with van der Waals surface area (Å²) in [7, 11) is 0. The first-order valence-corrected chi connectivity index (χ1v) is 4.61. The molecule has 0 aliphatic rings. The zero-order chi connectivity index (χ0) is 10.1. The number of rotatable bonds is 2. The molecule has 0 bridgehead atoms. The van der Waals surface area contributed by atoms with Crippen molar-refractivity contribution in [3.63, 3.8) is 0 Å². The second kappa shape index (κ2) is 3.84. The lowest BCUT2D eigenvalue weighted by Gasteiger charge is -2.21. The molecule has 0 aromatic heterocycles. The number of aliphatic hydroxyl groups is 1. The highest BCUT2D eigenvalue weighted by molar-refractivity contribution is 6.42. The molecule has 0 amide bonds. The number of nitrogens with two attached hydrogens (primary N) is 1. The molecule has 0 saturated heterocycles. The third kappa shape index (κ3) is 2.35. The van der Waals surface area contributed by atoms with Gasteiger partial charge in [-0.25, -0.2) is 0 Å². The second-order valence-electron chi connectivity index (χ2n) is 3.11. The predicted octanol–water partition coefficient (Wildman–Crippen LogP) is 2.16. The van der Waals surface area contributed by atoms with E-state index in [1.54, 1.807) is 25.1 Å². The van der Waals surface area contributed by atoms with Gasteiger partial charge in [0, 0.05) is 6.54 Å². The molecule has 0 radical (unpaired) electrons. The molecule has 2 nitrogen and oxygen atoms in total. The smallest absolute Gasteiger partial charge is 0.0990 e. The lowest BCUT2D eigenvalue weighted by atomic mass is 9.96. The summed E-state index contributed by atoms with van der Waals surface area (Å²) in [6, 6.07) is 4.97. The van der Waals surface area contributed by atoms with E-state index in [1.807, 2.05) is 0 Å². The van der Waals surface area contributed by atoms with Crippen molar-refractivity contribution in [1.82, 2.24) is 0 Å². The Morgan fingerprint density at radius 1 is 1.38 bits per heavy atom. The molecule has 13 heavy (non-hydrogen) atoms. The van der Waals surface area contributed by atoms with Crippen LogP contribution in [0.3, 0.4) is 0 Å². The zero-order valence-electron chi connectivity index (χ0n) is 7.22. The van der Waals surface area contributed by atoms with E-state index in [4.69, 9.17) is 28.9 Å². The second-order valence-corrected chi connectivity index (χ2v) is 3.92. The highest BCUT2D eigenvalue weighted by atomic mass is 35.5. The monoisotopic (exact) mass is 219 g/mol. The molecule has 1 aromatic rings. The third-order valence-corrected chi connectivity index (χ3v) is 2.68. The van der Waals surface area contributed by atoms with Gasteiger partial charge in [-0.1, -0.05) is 29.3 Å². The fourth-order valence-corrected chi connectivity index (χ4v) is 1.25. The minimum atomic E-state index is -1.05. The van der Waals surface area contributed by atoms with E-state index >= 15 is 0 Å². The van der Waals surface area contributed by atoms with E-state index in [1.165, 1.54) is 0 Å². The van der Waals surface area contributed by atoms with Crippen LogP contribution in [0.2, 0.25) is 10.0 Å².